The van der Waals surface area contributed by atoms with Gasteiger partial charge in [-0.3, -0.25) is 10.1 Å². The molecule has 0 aromatic heterocycles. The maximum Gasteiger partial charge on any atom is 0.328 e. The third kappa shape index (κ3) is 11.0. The molecular formula is C13H22N2O4. The number of carboxylic acids is 1. The van der Waals surface area contributed by atoms with E-state index in [1.54, 1.807) is 0 Å². The summed E-state index contributed by atoms with van der Waals surface area (Å²) in [5.74, 6) is -1.99. The summed E-state index contributed by atoms with van der Waals surface area (Å²) in [6.45, 7) is 3.99. The van der Waals surface area contributed by atoms with Crippen LogP contribution in [-0.4, -0.2) is 29.1 Å². The van der Waals surface area contributed by atoms with Crippen LogP contribution in [0.3, 0.4) is 0 Å². The number of nitrogens with one attached hydrogen (secondary N) is 2. The molecule has 0 radical (unpaired) electrons. The second-order valence-electron chi connectivity index (χ2n) is 4.38. The van der Waals surface area contributed by atoms with Crippen molar-refractivity contribution in [3.63, 3.8) is 0 Å². The minimum absolute atomic E-state index is 0.0203. The summed E-state index contributed by atoms with van der Waals surface area (Å²) in [5, 5.41) is 13.0. The summed E-state index contributed by atoms with van der Waals surface area (Å²) in [6, 6.07) is -0.629. The van der Waals surface area contributed by atoms with Crippen LogP contribution in [0.1, 0.15) is 46.0 Å². The van der Waals surface area contributed by atoms with Crippen LogP contribution in [0.25, 0.3) is 0 Å². The highest BCUT2D eigenvalue weighted by molar-refractivity contribution is 6.02. The second kappa shape index (κ2) is 10.1. The minimum atomic E-state index is -1.24. The maximum atomic E-state index is 11.4. The molecule has 0 aliphatic heterocycles. The van der Waals surface area contributed by atoms with Crippen LogP contribution < -0.4 is 10.6 Å². The molecule has 6 nitrogen and oxygen atoms in total. The Morgan fingerprint density at radius 1 is 1.16 bits per heavy atom. The molecule has 0 saturated carbocycles. The maximum absolute atomic E-state index is 11.4. The van der Waals surface area contributed by atoms with Gasteiger partial charge >= 0.3 is 12.0 Å². The third-order valence-corrected chi connectivity index (χ3v) is 2.48. The van der Waals surface area contributed by atoms with Gasteiger partial charge in [-0.25, -0.2) is 9.59 Å². The van der Waals surface area contributed by atoms with Gasteiger partial charge in [0.1, 0.15) is 0 Å². The zero-order valence-electron chi connectivity index (χ0n) is 11.4. The summed E-state index contributed by atoms with van der Waals surface area (Å²) in [5.41, 5.74) is 0. The smallest absolute Gasteiger partial charge is 0.328 e. The molecule has 0 bridgehead atoms. The topological polar surface area (TPSA) is 95.5 Å². The SMILES string of the molecule is CCCCCCC(C)NC(=O)NC(=O)C=CC(=O)O. The van der Waals surface area contributed by atoms with Gasteiger partial charge in [0.05, 0.1) is 0 Å². The average Bonchev–Trinajstić information content (AvgIpc) is 2.32. The molecule has 0 aliphatic carbocycles. The zero-order valence-corrected chi connectivity index (χ0v) is 11.4. The quantitative estimate of drug-likeness (QED) is 0.463. The summed E-state index contributed by atoms with van der Waals surface area (Å²) < 4.78 is 0. The summed E-state index contributed by atoms with van der Waals surface area (Å²) in [6.07, 6.45) is 6.83. The Morgan fingerprint density at radius 3 is 2.42 bits per heavy atom. The first-order chi connectivity index (χ1) is 8.95. The molecule has 0 aliphatic rings. The van der Waals surface area contributed by atoms with Crippen molar-refractivity contribution in [2.24, 2.45) is 0 Å². The summed E-state index contributed by atoms with van der Waals surface area (Å²) in [7, 11) is 0. The highest BCUT2D eigenvalue weighted by atomic mass is 16.4. The number of aliphatic carboxylic acids is 1. The number of rotatable bonds is 8. The lowest BCUT2D eigenvalue weighted by Gasteiger charge is -2.13. The zero-order chi connectivity index (χ0) is 14.7. The predicted molar refractivity (Wildman–Crippen MR) is 71.7 cm³/mol. The molecule has 6 heteroatoms. The summed E-state index contributed by atoms with van der Waals surface area (Å²) in [4.78, 5) is 32.7. The molecule has 0 rings (SSSR count). The van der Waals surface area contributed by atoms with E-state index >= 15 is 0 Å². The molecule has 0 saturated heterocycles. The van der Waals surface area contributed by atoms with Crippen molar-refractivity contribution in [3.8, 4) is 0 Å². The van der Waals surface area contributed by atoms with Crippen molar-refractivity contribution in [3.05, 3.63) is 12.2 Å². The minimum Gasteiger partial charge on any atom is -0.478 e. The van der Waals surface area contributed by atoms with Gasteiger partial charge in [-0.15, -0.1) is 0 Å². The van der Waals surface area contributed by atoms with Crippen LogP contribution in [0.2, 0.25) is 0 Å². The van der Waals surface area contributed by atoms with E-state index in [0.717, 1.165) is 31.8 Å². The van der Waals surface area contributed by atoms with Gasteiger partial charge in [-0.05, 0) is 13.3 Å². The Morgan fingerprint density at radius 2 is 1.84 bits per heavy atom. The Labute approximate surface area is 113 Å². The molecule has 108 valence electrons. The van der Waals surface area contributed by atoms with E-state index in [0.29, 0.717) is 6.08 Å². The van der Waals surface area contributed by atoms with Crippen LogP contribution in [0.4, 0.5) is 4.79 Å². The van der Waals surface area contributed by atoms with Crippen molar-refractivity contribution in [1.82, 2.24) is 10.6 Å². The van der Waals surface area contributed by atoms with Gasteiger partial charge in [-0.1, -0.05) is 32.6 Å². The Hall–Kier alpha value is -1.85. The molecule has 1 unspecified atom stereocenters. The number of urea groups is 1. The molecule has 0 spiro atoms. The van der Waals surface area contributed by atoms with Crippen LogP contribution in [0.15, 0.2) is 12.2 Å². The van der Waals surface area contributed by atoms with Crippen LogP contribution in [-0.2, 0) is 9.59 Å². The van der Waals surface area contributed by atoms with E-state index in [1.807, 2.05) is 12.2 Å². The highest BCUT2D eigenvalue weighted by Crippen LogP contribution is 2.04. The molecular weight excluding hydrogens is 248 g/mol. The molecule has 3 N–H and O–H groups in total. The molecule has 0 heterocycles. The van der Waals surface area contributed by atoms with E-state index in [9.17, 15) is 14.4 Å². The predicted octanol–water partition coefficient (Wildman–Crippen LogP) is 1.81. The standard InChI is InChI=1S/C13H22N2O4/c1-3-4-5-6-7-10(2)14-13(19)15-11(16)8-9-12(17)18/h8-10H,3-7H2,1-2H3,(H,17,18)(H2,14,15,16,19). The fraction of sp³-hybridized carbons (Fsp3) is 0.615. The number of carboxylic acid groups (broad SMARTS) is 1. The number of carbonyl (C=O) groups is 3. The lowest BCUT2D eigenvalue weighted by atomic mass is 10.1. The molecule has 19 heavy (non-hydrogen) atoms. The third-order valence-electron chi connectivity index (χ3n) is 2.48. The molecule has 3 amide bonds. The molecule has 0 aromatic rings. The van der Waals surface area contributed by atoms with Crippen LogP contribution >= 0.6 is 0 Å². The number of hydrogen-bond donors (Lipinski definition) is 3. The Bertz CT molecular complexity index is 340. The number of amides is 3. The van der Waals surface area contributed by atoms with E-state index in [1.165, 1.54) is 6.42 Å². The van der Waals surface area contributed by atoms with Crippen molar-refractivity contribution in [2.75, 3.05) is 0 Å². The number of carbonyl (C=O) groups excluding carboxylic acids is 2. The van der Waals surface area contributed by atoms with Gasteiger partial charge in [-0.2, -0.15) is 0 Å². The van der Waals surface area contributed by atoms with Crippen molar-refractivity contribution < 1.29 is 19.5 Å². The van der Waals surface area contributed by atoms with Gasteiger partial charge in [0.15, 0.2) is 0 Å². The molecule has 1 atom stereocenters. The van der Waals surface area contributed by atoms with E-state index in [2.05, 4.69) is 12.2 Å². The first-order valence-corrected chi connectivity index (χ1v) is 6.48. The summed E-state index contributed by atoms with van der Waals surface area (Å²) >= 11 is 0. The van der Waals surface area contributed by atoms with Gasteiger partial charge in [0.25, 0.3) is 5.91 Å². The van der Waals surface area contributed by atoms with Crippen molar-refractivity contribution in [1.29, 1.82) is 0 Å². The van der Waals surface area contributed by atoms with Gasteiger partial charge in [0, 0.05) is 18.2 Å². The van der Waals surface area contributed by atoms with Crippen molar-refractivity contribution >= 4 is 17.9 Å². The lowest BCUT2D eigenvalue weighted by molar-refractivity contribution is -0.131. The first kappa shape index (κ1) is 17.2. The van der Waals surface area contributed by atoms with Crippen LogP contribution in [0, 0.1) is 0 Å². The second-order valence-corrected chi connectivity index (χ2v) is 4.38. The highest BCUT2D eigenvalue weighted by Gasteiger charge is 2.08. The van der Waals surface area contributed by atoms with Gasteiger partial charge in [0.2, 0.25) is 0 Å². The number of hydrogen-bond acceptors (Lipinski definition) is 3. The number of unbranched alkanes of at least 4 members (excludes halogenated alkanes) is 3. The Balaban J connectivity index is 3.84. The fourth-order valence-electron chi connectivity index (χ4n) is 1.51. The monoisotopic (exact) mass is 270 g/mol. The number of imide groups is 1. The van der Waals surface area contributed by atoms with E-state index in [-0.39, 0.29) is 6.04 Å². The fourth-order valence-corrected chi connectivity index (χ4v) is 1.51. The molecule has 0 aromatic carbocycles. The Kier molecular flexibility index (Phi) is 9.12. The first-order valence-electron chi connectivity index (χ1n) is 6.48. The van der Waals surface area contributed by atoms with E-state index in [4.69, 9.17) is 5.11 Å². The normalized spacial score (nSPS) is 12.1. The molecule has 0 fully saturated rings. The lowest BCUT2D eigenvalue weighted by Crippen LogP contribution is -2.43. The average molecular weight is 270 g/mol. The van der Waals surface area contributed by atoms with Crippen molar-refractivity contribution in [2.45, 2.75) is 52.0 Å². The van der Waals surface area contributed by atoms with Crippen LogP contribution in [0.5, 0.6) is 0 Å². The van der Waals surface area contributed by atoms with E-state index < -0.39 is 17.9 Å². The van der Waals surface area contributed by atoms with Gasteiger partial charge < -0.3 is 10.4 Å². The largest absolute Gasteiger partial charge is 0.478 e.